The van der Waals surface area contributed by atoms with Crippen molar-refractivity contribution in [3.63, 3.8) is 0 Å². The minimum absolute atomic E-state index is 0.656. The molecule has 4 nitrogen and oxygen atoms in total. The van der Waals surface area contributed by atoms with Crippen LogP contribution in [0.25, 0.3) is 0 Å². The van der Waals surface area contributed by atoms with Crippen molar-refractivity contribution in [3.8, 4) is 0 Å². The Balaban J connectivity index is 2.97. The van der Waals surface area contributed by atoms with Crippen molar-refractivity contribution in [2.45, 2.75) is 27.2 Å². The Kier molecular flexibility index (Phi) is 6.81. The van der Waals surface area contributed by atoms with E-state index in [4.69, 9.17) is 11.6 Å². The van der Waals surface area contributed by atoms with Crippen molar-refractivity contribution in [3.05, 3.63) is 41.1 Å². The summed E-state index contributed by atoms with van der Waals surface area (Å²) in [5.41, 5.74) is 1.20. The molecule has 0 radical (unpaired) electrons. The fourth-order valence-electron chi connectivity index (χ4n) is 1.34. The zero-order valence-corrected chi connectivity index (χ0v) is 13.1. The molecule has 20 heavy (non-hydrogen) atoms. The molecule has 0 saturated heterocycles. The molecule has 0 aliphatic carbocycles. The molecule has 0 aliphatic rings. The zero-order chi connectivity index (χ0) is 15.0. The van der Waals surface area contributed by atoms with Crippen LogP contribution in [0.1, 0.15) is 27.2 Å². The highest BCUT2D eigenvalue weighted by atomic mass is 35.5. The topological polar surface area (TPSA) is 49.3 Å². The first kappa shape index (κ1) is 16.2. The Labute approximate surface area is 125 Å². The van der Waals surface area contributed by atoms with Crippen LogP contribution in [0, 0.1) is 0 Å². The maximum atomic E-state index is 5.93. The van der Waals surface area contributed by atoms with Crippen LogP contribution in [0.4, 0.5) is 11.6 Å². The lowest BCUT2D eigenvalue weighted by atomic mass is 10.3. The lowest BCUT2D eigenvalue weighted by molar-refractivity contribution is 1.09. The van der Waals surface area contributed by atoms with Gasteiger partial charge in [0, 0.05) is 18.3 Å². The third kappa shape index (κ3) is 5.89. The SMILES string of the molecule is CC/C(C)=C/N=C(/C=C(\C)Cl)Nc1cccc(NC)n1. The average molecular weight is 293 g/mol. The molecule has 0 spiro atoms. The van der Waals surface area contributed by atoms with Gasteiger partial charge >= 0.3 is 0 Å². The number of allylic oxidation sites excluding steroid dienone is 2. The summed E-state index contributed by atoms with van der Waals surface area (Å²) in [6, 6.07) is 5.69. The van der Waals surface area contributed by atoms with E-state index < -0.39 is 0 Å². The van der Waals surface area contributed by atoms with Gasteiger partial charge in [0.1, 0.15) is 17.5 Å². The van der Waals surface area contributed by atoms with Gasteiger partial charge in [-0.3, -0.25) is 0 Å². The van der Waals surface area contributed by atoms with Gasteiger partial charge in [-0.2, -0.15) is 0 Å². The van der Waals surface area contributed by atoms with Gasteiger partial charge in [0.25, 0.3) is 0 Å². The molecule has 0 saturated carbocycles. The molecular formula is C15H21ClN4. The molecule has 0 fully saturated rings. The molecule has 1 aromatic heterocycles. The number of aromatic nitrogens is 1. The molecule has 2 N–H and O–H groups in total. The second-order valence-corrected chi connectivity index (χ2v) is 4.95. The molecule has 1 rings (SSSR count). The molecule has 0 aliphatic heterocycles. The van der Waals surface area contributed by atoms with Gasteiger partial charge in [-0.15, -0.1) is 0 Å². The molecule has 108 valence electrons. The van der Waals surface area contributed by atoms with Gasteiger partial charge < -0.3 is 10.6 Å². The van der Waals surface area contributed by atoms with E-state index in [1.807, 2.05) is 45.3 Å². The van der Waals surface area contributed by atoms with E-state index in [0.29, 0.717) is 16.7 Å². The molecule has 1 heterocycles. The Bertz CT molecular complexity index is 528. The predicted molar refractivity (Wildman–Crippen MR) is 88.5 cm³/mol. The zero-order valence-electron chi connectivity index (χ0n) is 12.4. The summed E-state index contributed by atoms with van der Waals surface area (Å²) in [7, 11) is 1.83. The Morgan fingerprint density at radius 3 is 2.65 bits per heavy atom. The van der Waals surface area contributed by atoms with Crippen LogP contribution in [-0.2, 0) is 0 Å². The number of amidine groups is 1. The van der Waals surface area contributed by atoms with Crippen LogP contribution >= 0.6 is 11.6 Å². The third-order valence-electron chi connectivity index (χ3n) is 2.58. The summed E-state index contributed by atoms with van der Waals surface area (Å²) >= 11 is 5.93. The summed E-state index contributed by atoms with van der Waals surface area (Å²) in [6.45, 7) is 5.94. The van der Waals surface area contributed by atoms with Gasteiger partial charge in [0.15, 0.2) is 0 Å². The summed E-state index contributed by atoms with van der Waals surface area (Å²) in [4.78, 5) is 8.80. The van der Waals surface area contributed by atoms with Crippen LogP contribution < -0.4 is 10.6 Å². The van der Waals surface area contributed by atoms with Crippen molar-refractivity contribution in [2.75, 3.05) is 17.7 Å². The van der Waals surface area contributed by atoms with Crippen LogP contribution in [0.15, 0.2) is 46.1 Å². The molecule has 0 unspecified atom stereocenters. The molecule has 0 atom stereocenters. The van der Waals surface area contributed by atoms with Crippen LogP contribution in [-0.4, -0.2) is 17.9 Å². The normalized spacial score (nSPS) is 13.3. The van der Waals surface area contributed by atoms with E-state index >= 15 is 0 Å². The summed E-state index contributed by atoms with van der Waals surface area (Å²) in [6.07, 6.45) is 4.57. The van der Waals surface area contributed by atoms with Gasteiger partial charge in [0.05, 0.1) is 0 Å². The van der Waals surface area contributed by atoms with Crippen LogP contribution in [0.2, 0.25) is 0 Å². The standard InChI is InChI=1S/C15H21ClN4/c1-5-11(2)10-18-15(9-12(3)16)20-14-8-6-7-13(17-4)19-14/h6-10H,5H2,1-4H3,(H2,17,18,19,20)/b11-10+,12-9+. The van der Waals surface area contributed by atoms with Gasteiger partial charge in [-0.05, 0) is 38.5 Å². The van der Waals surface area contributed by atoms with E-state index in [9.17, 15) is 0 Å². The highest BCUT2D eigenvalue weighted by molar-refractivity contribution is 6.31. The maximum absolute atomic E-state index is 5.93. The van der Waals surface area contributed by atoms with Crippen LogP contribution in [0.5, 0.6) is 0 Å². The second-order valence-electron chi connectivity index (χ2n) is 4.36. The van der Waals surface area contributed by atoms with Crippen molar-refractivity contribution < 1.29 is 0 Å². The Hall–Kier alpha value is -1.81. The van der Waals surface area contributed by atoms with E-state index in [2.05, 4.69) is 27.5 Å². The highest BCUT2D eigenvalue weighted by Crippen LogP contribution is 2.10. The molecule has 5 heteroatoms. The van der Waals surface area contributed by atoms with E-state index in [1.165, 1.54) is 5.57 Å². The smallest absolute Gasteiger partial charge is 0.133 e. The van der Waals surface area contributed by atoms with Crippen molar-refractivity contribution in [2.24, 2.45) is 4.99 Å². The predicted octanol–water partition coefficient (Wildman–Crippen LogP) is 4.39. The lowest BCUT2D eigenvalue weighted by Gasteiger charge is -2.07. The van der Waals surface area contributed by atoms with Gasteiger partial charge in [-0.25, -0.2) is 9.98 Å². The quantitative estimate of drug-likeness (QED) is 0.625. The number of nitrogens with zero attached hydrogens (tertiary/aromatic N) is 2. The minimum Gasteiger partial charge on any atom is -0.373 e. The van der Waals surface area contributed by atoms with Crippen molar-refractivity contribution >= 4 is 29.1 Å². The molecule has 0 bridgehead atoms. The minimum atomic E-state index is 0.656. The fourth-order valence-corrected chi connectivity index (χ4v) is 1.44. The number of nitrogens with one attached hydrogen (secondary N) is 2. The number of rotatable bonds is 5. The van der Waals surface area contributed by atoms with E-state index in [1.54, 1.807) is 6.08 Å². The second kappa shape index (κ2) is 8.38. The van der Waals surface area contributed by atoms with Crippen molar-refractivity contribution in [1.82, 2.24) is 4.98 Å². The Morgan fingerprint density at radius 1 is 1.35 bits per heavy atom. The molecule has 0 aromatic carbocycles. The molecule has 1 aromatic rings. The number of aliphatic imine (C=N–C) groups is 1. The lowest BCUT2D eigenvalue weighted by Crippen LogP contribution is -2.10. The molecular weight excluding hydrogens is 272 g/mol. The highest BCUT2D eigenvalue weighted by Gasteiger charge is 2.00. The number of anilines is 2. The average Bonchev–Trinajstić information content (AvgIpc) is 2.44. The maximum Gasteiger partial charge on any atom is 0.133 e. The van der Waals surface area contributed by atoms with Gasteiger partial charge in [-0.1, -0.05) is 30.2 Å². The summed E-state index contributed by atoms with van der Waals surface area (Å²) in [5, 5.41) is 6.81. The van der Waals surface area contributed by atoms with Crippen molar-refractivity contribution in [1.29, 1.82) is 0 Å². The van der Waals surface area contributed by atoms with Crippen LogP contribution in [0.3, 0.4) is 0 Å². The number of halogens is 1. The van der Waals surface area contributed by atoms with E-state index in [0.717, 1.165) is 12.2 Å². The third-order valence-corrected chi connectivity index (χ3v) is 2.69. The summed E-state index contributed by atoms with van der Waals surface area (Å²) in [5.74, 6) is 2.17. The number of pyridine rings is 1. The fraction of sp³-hybridized carbons (Fsp3) is 0.333. The Morgan fingerprint density at radius 2 is 2.05 bits per heavy atom. The van der Waals surface area contributed by atoms with Gasteiger partial charge in [0.2, 0.25) is 0 Å². The first-order valence-corrected chi connectivity index (χ1v) is 6.92. The molecule has 0 amide bonds. The first-order chi connectivity index (χ1) is 9.55. The largest absolute Gasteiger partial charge is 0.373 e. The number of hydrogen-bond acceptors (Lipinski definition) is 3. The number of hydrogen-bond donors (Lipinski definition) is 2. The summed E-state index contributed by atoms with van der Waals surface area (Å²) < 4.78 is 0. The van der Waals surface area contributed by atoms with E-state index in [-0.39, 0.29) is 0 Å². The first-order valence-electron chi connectivity index (χ1n) is 6.54. The monoisotopic (exact) mass is 292 g/mol.